The molecule has 0 atom stereocenters. The molecule has 3 rings (SSSR count). The Labute approximate surface area is 125 Å². The molecule has 0 bridgehead atoms. The molecule has 102 valence electrons. The molecule has 1 heterocycles. The van der Waals surface area contributed by atoms with Gasteiger partial charge < -0.3 is 0 Å². The molecule has 0 amide bonds. The van der Waals surface area contributed by atoms with Gasteiger partial charge in [0.25, 0.3) is 5.56 Å². The van der Waals surface area contributed by atoms with Crippen LogP contribution < -0.4 is 5.56 Å². The summed E-state index contributed by atoms with van der Waals surface area (Å²) in [5.74, 6) is -0.288. The van der Waals surface area contributed by atoms with E-state index in [1.165, 1.54) is 11.3 Å². The molecule has 0 aliphatic rings. The van der Waals surface area contributed by atoms with Crippen LogP contribution in [0.25, 0.3) is 10.6 Å². The van der Waals surface area contributed by atoms with Gasteiger partial charge in [0, 0.05) is 16.5 Å². The zero-order valence-corrected chi connectivity index (χ0v) is 11.8. The van der Waals surface area contributed by atoms with E-state index in [0.717, 1.165) is 5.56 Å². The Balaban J connectivity index is 2.00. The zero-order valence-electron chi connectivity index (χ0n) is 11.0. The molecular weight excluding hydrogens is 282 g/mol. The van der Waals surface area contributed by atoms with Gasteiger partial charge in [0.05, 0.1) is 5.56 Å². The Bertz CT molecular complexity index is 826. The van der Waals surface area contributed by atoms with Gasteiger partial charge in [-0.1, -0.05) is 60.7 Å². The van der Waals surface area contributed by atoms with Gasteiger partial charge in [-0.25, -0.2) is 0 Å². The van der Waals surface area contributed by atoms with E-state index in [2.05, 4.69) is 4.98 Å². The minimum Gasteiger partial charge on any atom is -0.288 e. The Morgan fingerprint density at radius 2 is 1.52 bits per heavy atom. The molecule has 2 aromatic carbocycles. The van der Waals surface area contributed by atoms with Gasteiger partial charge in [0.15, 0.2) is 5.78 Å². The van der Waals surface area contributed by atoms with Crippen LogP contribution in [0.3, 0.4) is 0 Å². The number of aromatic nitrogens is 1. The van der Waals surface area contributed by atoms with Gasteiger partial charge in [-0.2, -0.15) is 4.98 Å². The predicted octanol–water partition coefficient (Wildman–Crippen LogP) is 3.40. The third-order valence-corrected chi connectivity index (χ3v) is 3.93. The minimum atomic E-state index is -0.485. The van der Waals surface area contributed by atoms with Gasteiger partial charge in [-0.3, -0.25) is 9.59 Å². The first-order valence-corrected chi connectivity index (χ1v) is 7.28. The van der Waals surface area contributed by atoms with E-state index in [1.807, 2.05) is 36.4 Å². The summed E-state index contributed by atoms with van der Waals surface area (Å²) in [5.41, 5.74) is 1.00. The van der Waals surface area contributed by atoms with Crippen LogP contribution >= 0.6 is 11.3 Å². The fraction of sp³-hybridized carbons (Fsp3) is 0. The number of carbonyl (C=O) groups excluding carboxylic acids is 1. The standard InChI is InChI=1S/C17H11NO2S/c19-15(12-7-3-1-4-8-12)14-11-21-17(18-16(14)20)13-9-5-2-6-10-13/h1-11H. The highest BCUT2D eigenvalue weighted by Crippen LogP contribution is 2.20. The number of carbonyl (C=O) groups is 1. The van der Waals surface area contributed by atoms with E-state index in [0.29, 0.717) is 10.6 Å². The van der Waals surface area contributed by atoms with Crippen LogP contribution in [0.4, 0.5) is 0 Å². The van der Waals surface area contributed by atoms with Crippen molar-refractivity contribution in [1.82, 2.24) is 4.98 Å². The second-order valence-electron chi connectivity index (χ2n) is 4.43. The van der Waals surface area contributed by atoms with E-state index in [9.17, 15) is 9.59 Å². The summed E-state index contributed by atoms with van der Waals surface area (Å²) < 4.78 is 0. The maximum Gasteiger partial charge on any atom is 0.283 e. The molecule has 0 saturated carbocycles. The van der Waals surface area contributed by atoms with Gasteiger partial charge in [-0.15, -0.1) is 11.3 Å². The van der Waals surface area contributed by atoms with Crippen molar-refractivity contribution in [3.63, 3.8) is 0 Å². The molecular formula is C17H11NO2S. The van der Waals surface area contributed by atoms with Crippen molar-refractivity contribution in [2.45, 2.75) is 0 Å². The molecule has 0 N–H and O–H groups in total. The molecule has 0 aliphatic carbocycles. The quantitative estimate of drug-likeness (QED) is 0.695. The van der Waals surface area contributed by atoms with E-state index in [1.54, 1.807) is 29.6 Å². The van der Waals surface area contributed by atoms with Crippen LogP contribution in [0.2, 0.25) is 0 Å². The van der Waals surface area contributed by atoms with Crippen molar-refractivity contribution in [3.8, 4) is 10.6 Å². The smallest absolute Gasteiger partial charge is 0.283 e. The van der Waals surface area contributed by atoms with E-state index >= 15 is 0 Å². The number of hydrogen-bond acceptors (Lipinski definition) is 4. The Hall–Kier alpha value is -2.59. The summed E-state index contributed by atoms with van der Waals surface area (Å²) in [5, 5.41) is 2.21. The average Bonchev–Trinajstić information content (AvgIpc) is 2.56. The molecule has 0 aliphatic heterocycles. The summed E-state index contributed by atoms with van der Waals surface area (Å²) >= 11 is 1.30. The van der Waals surface area contributed by atoms with E-state index in [4.69, 9.17) is 0 Å². The SMILES string of the molecule is O=C(c1ccccc1)c1csc(-c2ccccc2)nc1=O. The number of hydrogen-bond donors (Lipinski definition) is 0. The lowest BCUT2D eigenvalue weighted by molar-refractivity contribution is 0.103. The van der Waals surface area contributed by atoms with Gasteiger partial charge in [0.2, 0.25) is 0 Å². The lowest BCUT2D eigenvalue weighted by Gasteiger charge is -2.02. The first-order valence-electron chi connectivity index (χ1n) is 6.41. The van der Waals surface area contributed by atoms with Crippen LogP contribution in [0.5, 0.6) is 0 Å². The first-order chi connectivity index (χ1) is 10.3. The average molecular weight is 293 g/mol. The maximum atomic E-state index is 12.3. The molecule has 4 heteroatoms. The number of benzene rings is 2. The first kappa shape index (κ1) is 13.4. The summed E-state index contributed by atoms with van der Waals surface area (Å²) in [6.45, 7) is 0. The van der Waals surface area contributed by atoms with Crippen LogP contribution in [0.15, 0.2) is 70.8 Å². The molecule has 1 aromatic heterocycles. The lowest BCUT2D eigenvalue weighted by atomic mass is 10.1. The maximum absolute atomic E-state index is 12.3. The van der Waals surface area contributed by atoms with E-state index < -0.39 is 5.56 Å². The van der Waals surface area contributed by atoms with Crippen molar-refractivity contribution in [2.24, 2.45) is 0 Å². The normalized spacial score (nSPS) is 10.3. The summed E-state index contributed by atoms with van der Waals surface area (Å²) in [7, 11) is 0. The fourth-order valence-corrected chi connectivity index (χ4v) is 2.80. The minimum absolute atomic E-state index is 0.117. The number of nitrogens with zero attached hydrogens (tertiary/aromatic N) is 1. The third-order valence-electron chi connectivity index (χ3n) is 3.02. The van der Waals surface area contributed by atoms with Gasteiger partial charge in [-0.05, 0) is 0 Å². The molecule has 0 spiro atoms. The van der Waals surface area contributed by atoms with Crippen molar-refractivity contribution < 1.29 is 4.79 Å². The van der Waals surface area contributed by atoms with Crippen molar-refractivity contribution in [2.75, 3.05) is 0 Å². The van der Waals surface area contributed by atoms with Crippen LogP contribution in [0.1, 0.15) is 15.9 Å². The number of rotatable bonds is 3. The lowest BCUT2D eigenvalue weighted by Crippen LogP contribution is -2.17. The van der Waals surface area contributed by atoms with Crippen LogP contribution in [-0.2, 0) is 0 Å². The Morgan fingerprint density at radius 3 is 2.14 bits per heavy atom. The van der Waals surface area contributed by atoms with Crippen molar-refractivity contribution >= 4 is 17.1 Å². The third kappa shape index (κ3) is 2.80. The van der Waals surface area contributed by atoms with Crippen LogP contribution in [-0.4, -0.2) is 10.8 Å². The summed E-state index contributed by atoms with van der Waals surface area (Å²) in [4.78, 5) is 28.4. The Morgan fingerprint density at radius 1 is 0.905 bits per heavy atom. The van der Waals surface area contributed by atoms with Gasteiger partial charge >= 0.3 is 0 Å². The molecule has 0 saturated heterocycles. The second-order valence-corrected chi connectivity index (χ2v) is 5.29. The van der Waals surface area contributed by atoms with Gasteiger partial charge in [0.1, 0.15) is 5.01 Å². The molecule has 0 fully saturated rings. The molecule has 3 nitrogen and oxygen atoms in total. The largest absolute Gasteiger partial charge is 0.288 e. The molecule has 0 unspecified atom stereocenters. The topological polar surface area (TPSA) is 47.0 Å². The summed E-state index contributed by atoms with van der Waals surface area (Å²) in [6, 6.07) is 18.2. The summed E-state index contributed by atoms with van der Waals surface area (Å²) in [6.07, 6.45) is 0. The second kappa shape index (κ2) is 5.81. The number of ketones is 1. The predicted molar refractivity (Wildman–Crippen MR) is 83.7 cm³/mol. The van der Waals surface area contributed by atoms with Crippen LogP contribution in [0, 0.1) is 0 Å². The highest BCUT2D eigenvalue weighted by molar-refractivity contribution is 7.13. The highest BCUT2D eigenvalue weighted by atomic mass is 32.1. The van der Waals surface area contributed by atoms with E-state index in [-0.39, 0.29) is 11.3 Å². The Kier molecular flexibility index (Phi) is 3.71. The van der Waals surface area contributed by atoms with Crippen molar-refractivity contribution in [3.05, 3.63) is 87.5 Å². The van der Waals surface area contributed by atoms with Crippen molar-refractivity contribution in [1.29, 1.82) is 0 Å². The zero-order chi connectivity index (χ0) is 14.7. The fourth-order valence-electron chi connectivity index (χ4n) is 1.95. The molecule has 21 heavy (non-hydrogen) atoms. The highest BCUT2D eigenvalue weighted by Gasteiger charge is 2.14. The molecule has 0 radical (unpaired) electrons. The monoisotopic (exact) mass is 293 g/mol. The molecule has 3 aromatic rings.